The van der Waals surface area contributed by atoms with E-state index in [9.17, 15) is 4.79 Å². The molecule has 2 aromatic carbocycles. The maximum atomic E-state index is 12.6. The third-order valence-corrected chi connectivity index (χ3v) is 5.43. The molecule has 0 saturated carbocycles. The van der Waals surface area contributed by atoms with Gasteiger partial charge in [0.2, 0.25) is 5.89 Å². The zero-order valence-electron chi connectivity index (χ0n) is 13.9. The standard InChI is InChI=1S/C19H17BrN2O2S/c1-3-13-8-10-14(11-9-13)17(23)12(2)25-19-22-21-18(24-19)15-6-4-5-7-16(15)20/h4-12H,3H2,1-2H3/t12-/m1/s1. The lowest BCUT2D eigenvalue weighted by atomic mass is 10.1. The molecule has 0 saturated heterocycles. The zero-order valence-corrected chi connectivity index (χ0v) is 16.3. The number of Topliss-reactive ketones (excluding diaryl/α,β-unsaturated/α-hetero) is 1. The molecular formula is C19H17BrN2O2S. The van der Waals surface area contributed by atoms with Gasteiger partial charge in [-0.2, -0.15) is 0 Å². The summed E-state index contributed by atoms with van der Waals surface area (Å²) in [5, 5.41) is 8.21. The second-order valence-electron chi connectivity index (χ2n) is 5.53. The lowest BCUT2D eigenvalue weighted by molar-refractivity contribution is 0.0993. The minimum Gasteiger partial charge on any atom is -0.411 e. The predicted molar refractivity (Wildman–Crippen MR) is 103 cm³/mol. The van der Waals surface area contributed by atoms with Crippen molar-refractivity contribution in [3.63, 3.8) is 0 Å². The first kappa shape index (κ1) is 17.9. The number of nitrogens with zero attached hydrogens (tertiary/aromatic N) is 2. The van der Waals surface area contributed by atoms with Crippen LogP contribution in [-0.4, -0.2) is 21.2 Å². The van der Waals surface area contributed by atoms with Gasteiger partial charge in [0.1, 0.15) is 0 Å². The average Bonchev–Trinajstić information content (AvgIpc) is 3.09. The second kappa shape index (κ2) is 7.97. The number of ketones is 1. The van der Waals surface area contributed by atoms with Crippen molar-refractivity contribution in [1.29, 1.82) is 0 Å². The Morgan fingerprint density at radius 2 is 1.88 bits per heavy atom. The van der Waals surface area contributed by atoms with Gasteiger partial charge in [-0.3, -0.25) is 4.79 Å². The predicted octanol–water partition coefficient (Wildman–Crippen LogP) is 5.43. The Morgan fingerprint density at radius 3 is 2.56 bits per heavy atom. The monoisotopic (exact) mass is 416 g/mol. The van der Waals surface area contributed by atoms with Gasteiger partial charge >= 0.3 is 0 Å². The minimum atomic E-state index is -0.306. The van der Waals surface area contributed by atoms with E-state index in [-0.39, 0.29) is 11.0 Å². The molecule has 0 aliphatic rings. The number of thioether (sulfide) groups is 1. The van der Waals surface area contributed by atoms with Crippen molar-refractivity contribution in [2.24, 2.45) is 0 Å². The molecule has 0 unspecified atom stereocenters. The van der Waals surface area contributed by atoms with E-state index in [4.69, 9.17) is 4.42 Å². The molecule has 25 heavy (non-hydrogen) atoms. The van der Waals surface area contributed by atoms with Crippen LogP contribution in [0.15, 0.2) is 62.6 Å². The quantitative estimate of drug-likeness (QED) is 0.396. The van der Waals surface area contributed by atoms with Crippen LogP contribution in [0.4, 0.5) is 0 Å². The van der Waals surface area contributed by atoms with Crippen LogP contribution in [0, 0.1) is 0 Å². The normalized spacial score (nSPS) is 12.1. The number of aromatic nitrogens is 2. The highest BCUT2D eigenvalue weighted by Crippen LogP contribution is 2.31. The first-order chi connectivity index (χ1) is 12.1. The molecule has 0 aliphatic heterocycles. The minimum absolute atomic E-state index is 0.0493. The van der Waals surface area contributed by atoms with Crippen LogP contribution in [0.2, 0.25) is 0 Å². The molecule has 1 aromatic heterocycles. The van der Waals surface area contributed by atoms with E-state index < -0.39 is 0 Å². The molecule has 6 heteroatoms. The highest BCUT2D eigenvalue weighted by atomic mass is 79.9. The Morgan fingerprint density at radius 1 is 1.16 bits per heavy atom. The van der Waals surface area contributed by atoms with Crippen LogP contribution < -0.4 is 0 Å². The maximum Gasteiger partial charge on any atom is 0.277 e. The summed E-state index contributed by atoms with van der Waals surface area (Å²) in [7, 11) is 0. The number of rotatable bonds is 6. The molecule has 0 spiro atoms. The summed E-state index contributed by atoms with van der Waals surface area (Å²) in [5.74, 6) is 0.482. The van der Waals surface area contributed by atoms with Crippen LogP contribution in [0.1, 0.15) is 29.8 Å². The first-order valence-corrected chi connectivity index (χ1v) is 9.64. The van der Waals surface area contributed by atoms with E-state index in [0.29, 0.717) is 16.7 Å². The highest BCUT2D eigenvalue weighted by Gasteiger charge is 2.20. The number of halogens is 1. The molecule has 0 N–H and O–H groups in total. The van der Waals surface area contributed by atoms with E-state index in [1.807, 2.05) is 55.5 Å². The number of carbonyl (C=O) groups excluding carboxylic acids is 1. The molecule has 128 valence electrons. The lowest BCUT2D eigenvalue weighted by Gasteiger charge is -2.08. The first-order valence-electron chi connectivity index (χ1n) is 7.96. The van der Waals surface area contributed by atoms with Gasteiger partial charge in [-0.05, 0) is 47.0 Å². The van der Waals surface area contributed by atoms with Crippen molar-refractivity contribution < 1.29 is 9.21 Å². The Balaban J connectivity index is 1.71. The van der Waals surface area contributed by atoms with Crippen molar-refractivity contribution in [2.75, 3.05) is 0 Å². The molecule has 3 rings (SSSR count). The number of hydrogen-bond acceptors (Lipinski definition) is 5. The molecule has 0 aliphatic carbocycles. The third kappa shape index (κ3) is 4.19. The summed E-state index contributed by atoms with van der Waals surface area (Å²) in [6.45, 7) is 3.94. The van der Waals surface area contributed by atoms with Gasteiger partial charge in [-0.15, -0.1) is 10.2 Å². The fraction of sp³-hybridized carbons (Fsp3) is 0.211. The molecule has 0 amide bonds. The Kier molecular flexibility index (Phi) is 5.71. The van der Waals surface area contributed by atoms with Gasteiger partial charge in [0.25, 0.3) is 5.22 Å². The number of hydrogen-bond donors (Lipinski definition) is 0. The zero-order chi connectivity index (χ0) is 17.8. The van der Waals surface area contributed by atoms with E-state index in [2.05, 4.69) is 33.1 Å². The lowest BCUT2D eigenvalue weighted by Crippen LogP contribution is -2.13. The van der Waals surface area contributed by atoms with E-state index in [0.717, 1.165) is 16.5 Å². The van der Waals surface area contributed by atoms with Crippen molar-refractivity contribution in [3.05, 3.63) is 64.1 Å². The van der Waals surface area contributed by atoms with E-state index >= 15 is 0 Å². The summed E-state index contributed by atoms with van der Waals surface area (Å²) >= 11 is 4.74. The van der Waals surface area contributed by atoms with Crippen molar-refractivity contribution >= 4 is 33.5 Å². The molecule has 1 heterocycles. The highest BCUT2D eigenvalue weighted by molar-refractivity contribution is 9.10. The van der Waals surface area contributed by atoms with E-state index in [1.54, 1.807) is 0 Å². The average molecular weight is 417 g/mol. The van der Waals surface area contributed by atoms with Crippen LogP contribution in [-0.2, 0) is 6.42 Å². The summed E-state index contributed by atoms with van der Waals surface area (Å²) in [6.07, 6.45) is 0.957. The van der Waals surface area contributed by atoms with Gasteiger partial charge in [-0.1, -0.05) is 55.1 Å². The topological polar surface area (TPSA) is 56.0 Å². The van der Waals surface area contributed by atoms with Crippen molar-refractivity contribution in [1.82, 2.24) is 10.2 Å². The summed E-state index contributed by atoms with van der Waals surface area (Å²) in [4.78, 5) is 12.6. The molecule has 4 nitrogen and oxygen atoms in total. The van der Waals surface area contributed by atoms with Crippen molar-refractivity contribution in [2.45, 2.75) is 30.7 Å². The Bertz CT molecular complexity index is 877. The number of aryl methyl sites for hydroxylation is 1. The molecule has 0 bridgehead atoms. The number of carbonyl (C=O) groups is 1. The van der Waals surface area contributed by atoms with Crippen molar-refractivity contribution in [3.8, 4) is 11.5 Å². The fourth-order valence-corrected chi connectivity index (χ4v) is 3.56. The molecular weight excluding hydrogens is 400 g/mol. The molecule has 0 radical (unpaired) electrons. The maximum absolute atomic E-state index is 12.6. The summed E-state index contributed by atoms with van der Waals surface area (Å²) < 4.78 is 6.59. The van der Waals surface area contributed by atoms with Crippen LogP contribution in [0.25, 0.3) is 11.5 Å². The third-order valence-electron chi connectivity index (χ3n) is 3.80. The Labute approximate surface area is 159 Å². The SMILES string of the molecule is CCc1ccc(C(=O)[C@@H](C)Sc2nnc(-c3ccccc3Br)o2)cc1. The second-order valence-corrected chi connectivity index (χ2v) is 7.67. The van der Waals surface area contributed by atoms with Gasteiger partial charge < -0.3 is 4.42 Å². The van der Waals surface area contributed by atoms with Gasteiger partial charge in [-0.25, -0.2) is 0 Å². The van der Waals surface area contributed by atoms with E-state index in [1.165, 1.54) is 17.3 Å². The fourth-order valence-electron chi connectivity index (χ4n) is 2.35. The largest absolute Gasteiger partial charge is 0.411 e. The van der Waals surface area contributed by atoms with Crippen LogP contribution in [0.3, 0.4) is 0 Å². The molecule has 0 fully saturated rings. The smallest absolute Gasteiger partial charge is 0.277 e. The number of benzene rings is 2. The van der Waals surface area contributed by atoms with Gasteiger partial charge in [0.15, 0.2) is 5.78 Å². The summed E-state index contributed by atoms with van der Waals surface area (Å²) in [6, 6.07) is 15.4. The van der Waals surface area contributed by atoms with Crippen LogP contribution >= 0.6 is 27.7 Å². The Hall–Kier alpha value is -1.92. The van der Waals surface area contributed by atoms with Gasteiger partial charge in [0.05, 0.1) is 10.8 Å². The molecule has 1 atom stereocenters. The van der Waals surface area contributed by atoms with Gasteiger partial charge in [0, 0.05) is 10.0 Å². The molecule has 3 aromatic rings. The summed E-state index contributed by atoms with van der Waals surface area (Å²) in [5.41, 5.74) is 2.74. The van der Waals surface area contributed by atoms with Crippen LogP contribution in [0.5, 0.6) is 0 Å².